The van der Waals surface area contributed by atoms with Crippen LogP contribution in [0.3, 0.4) is 0 Å². The molecule has 0 atom stereocenters. The van der Waals surface area contributed by atoms with Crippen LogP contribution >= 0.6 is 0 Å². The first kappa shape index (κ1) is 12.6. The monoisotopic (exact) mass is 221 g/mol. The number of carbonyl (C=O) groups excluding carboxylic acids is 1. The maximum atomic E-state index is 11.0. The summed E-state index contributed by atoms with van der Waals surface area (Å²) < 4.78 is 5.27. The highest BCUT2D eigenvalue weighted by Crippen LogP contribution is 2.26. The van der Waals surface area contributed by atoms with E-state index in [1.54, 1.807) is 0 Å². The van der Waals surface area contributed by atoms with Crippen molar-refractivity contribution in [2.24, 2.45) is 0 Å². The Labute approximate surface area is 97.0 Å². The van der Waals surface area contributed by atoms with E-state index >= 15 is 0 Å². The fourth-order valence-corrected chi connectivity index (χ4v) is 1.58. The number of carbonyl (C=O) groups is 1. The van der Waals surface area contributed by atoms with Crippen molar-refractivity contribution in [1.82, 2.24) is 0 Å². The van der Waals surface area contributed by atoms with Gasteiger partial charge in [0.1, 0.15) is 5.60 Å². The molecule has 0 aliphatic heterocycles. The number of anilines is 1. The van der Waals surface area contributed by atoms with Crippen molar-refractivity contribution in [3.05, 3.63) is 29.8 Å². The van der Waals surface area contributed by atoms with Gasteiger partial charge in [-0.1, -0.05) is 12.1 Å². The average Bonchev–Trinajstić information content (AvgIpc) is 2.16. The zero-order valence-electron chi connectivity index (χ0n) is 10.6. The highest BCUT2D eigenvalue weighted by molar-refractivity contribution is 5.66. The van der Waals surface area contributed by atoms with Crippen LogP contribution in [0.25, 0.3) is 0 Å². The largest absolute Gasteiger partial charge is 0.455 e. The van der Waals surface area contributed by atoms with Gasteiger partial charge in [0.25, 0.3) is 0 Å². The molecule has 1 aromatic rings. The molecule has 0 aliphatic carbocycles. The lowest BCUT2D eigenvalue weighted by Crippen LogP contribution is -2.24. The van der Waals surface area contributed by atoms with Crippen LogP contribution in [0.2, 0.25) is 0 Å². The predicted molar refractivity (Wildman–Crippen MR) is 65.6 cm³/mol. The normalized spacial score (nSPS) is 11.1. The van der Waals surface area contributed by atoms with Crippen molar-refractivity contribution in [3.8, 4) is 0 Å². The Bertz CT molecular complexity index is 366. The van der Waals surface area contributed by atoms with Crippen molar-refractivity contribution < 1.29 is 9.53 Å². The molecule has 0 saturated carbocycles. The maximum Gasteiger partial charge on any atom is 0.303 e. The van der Waals surface area contributed by atoms with Crippen molar-refractivity contribution >= 4 is 11.7 Å². The minimum Gasteiger partial charge on any atom is -0.455 e. The van der Waals surface area contributed by atoms with Crippen LogP contribution < -0.4 is 4.90 Å². The van der Waals surface area contributed by atoms with Crippen molar-refractivity contribution in [2.75, 3.05) is 19.0 Å². The summed E-state index contributed by atoms with van der Waals surface area (Å²) in [5.74, 6) is -0.262. The summed E-state index contributed by atoms with van der Waals surface area (Å²) in [7, 11) is 3.98. The molecule has 0 saturated heterocycles. The predicted octanol–water partition coefficient (Wildman–Crippen LogP) is 2.55. The lowest BCUT2D eigenvalue weighted by molar-refractivity contribution is -0.154. The fraction of sp³-hybridized carbons (Fsp3) is 0.462. The van der Waals surface area contributed by atoms with E-state index < -0.39 is 5.60 Å². The average molecular weight is 221 g/mol. The summed E-state index contributed by atoms with van der Waals surface area (Å²) in [5.41, 5.74) is 1.55. The van der Waals surface area contributed by atoms with E-state index in [1.165, 1.54) is 6.92 Å². The van der Waals surface area contributed by atoms with E-state index in [2.05, 4.69) is 0 Å². The van der Waals surface area contributed by atoms with E-state index in [9.17, 15) is 4.79 Å². The molecule has 88 valence electrons. The van der Waals surface area contributed by atoms with Gasteiger partial charge in [-0.05, 0) is 31.5 Å². The quantitative estimate of drug-likeness (QED) is 0.735. The summed E-state index contributed by atoms with van der Waals surface area (Å²) in [6, 6.07) is 8.00. The van der Waals surface area contributed by atoms with Gasteiger partial charge in [-0.2, -0.15) is 0 Å². The molecule has 0 bridgehead atoms. The Balaban J connectivity index is 2.92. The van der Waals surface area contributed by atoms with Gasteiger partial charge in [-0.25, -0.2) is 0 Å². The second-order valence-corrected chi connectivity index (χ2v) is 4.55. The topological polar surface area (TPSA) is 29.5 Å². The molecule has 16 heavy (non-hydrogen) atoms. The van der Waals surface area contributed by atoms with Crippen LogP contribution in [-0.4, -0.2) is 20.1 Å². The molecule has 0 amide bonds. The number of rotatable bonds is 3. The fourth-order valence-electron chi connectivity index (χ4n) is 1.58. The summed E-state index contributed by atoms with van der Waals surface area (Å²) >= 11 is 0. The molecule has 1 aromatic carbocycles. The molecule has 0 fully saturated rings. The number of ether oxygens (including phenoxy) is 1. The number of benzene rings is 1. The first-order valence-corrected chi connectivity index (χ1v) is 5.30. The molecule has 0 aliphatic rings. The minimum atomic E-state index is -0.573. The maximum absolute atomic E-state index is 11.0. The van der Waals surface area contributed by atoms with E-state index in [4.69, 9.17) is 4.74 Å². The number of nitrogens with zero attached hydrogens (tertiary/aromatic N) is 1. The lowest BCUT2D eigenvalue weighted by atomic mass is 9.98. The molecule has 0 unspecified atom stereocenters. The van der Waals surface area contributed by atoms with Gasteiger partial charge in [0, 0.05) is 26.7 Å². The van der Waals surface area contributed by atoms with Gasteiger partial charge >= 0.3 is 5.97 Å². The van der Waals surface area contributed by atoms with Gasteiger partial charge in [0.05, 0.1) is 0 Å². The zero-order chi connectivity index (χ0) is 12.3. The smallest absolute Gasteiger partial charge is 0.303 e. The molecule has 0 aromatic heterocycles. The van der Waals surface area contributed by atoms with Crippen molar-refractivity contribution in [3.63, 3.8) is 0 Å². The van der Waals surface area contributed by atoms with Gasteiger partial charge in [0.15, 0.2) is 0 Å². The van der Waals surface area contributed by atoms with Gasteiger partial charge in [-0.3, -0.25) is 4.79 Å². The van der Waals surface area contributed by atoms with Crippen LogP contribution in [0.5, 0.6) is 0 Å². The van der Waals surface area contributed by atoms with Crippen LogP contribution in [0.15, 0.2) is 24.3 Å². The van der Waals surface area contributed by atoms with Crippen LogP contribution in [-0.2, 0) is 15.1 Å². The standard InChI is InChI=1S/C13H19NO2/c1-10(15)16-13(2,3)11-6-8-12(9-7-11)14(4)5/h6-9H,1-5H3. The first-order chi connectivity index (χ1) is 7.33. The Kier molecular flexibility index (Phi) is 3.58. The van der Waals surface area contributed by atoms with Crippen molar-refractivity contribution in [2.45, 2.75) is 26.4 Å². The summed E-state index contributed by atoms with van der Waals surface area (Å²) in [6.45, 7) is 5.20. The number of hydrogen-bond acceptors (Lipinski definition) is 3. The first-order valence-electron chi connectivity index (χ1n) is 5.30. The zero-order valence-corrected chi connectivity index (χ0v) is 10.6. The Morgan fingerprint density at radius 3 is 2.06 bits per heavy atom. The molecule has 0 radical (unpaired) electrons. The van der Waals surface area contributed by atoms with Gasteiger partial charge in [-0.15, -0.1) is 0 Å². The molecular weight excluding hydrogens is 202 g/mol. The number of esters is 1. The SMILES string of the molecule is CC(=O)OC(C)(C)c1ccc(N(C)C)cc1. The molecule has 0 N–H and O–H groups in total. The molecule has 0 spiro atoms. The highest BCUT2D eigenvalue weighted by atomic mass is 16.6. The second kappa shape index (κ2) is 4.56. The third-order valence-corrected chi connectivity index (χ3v) is 2.48. The molecule has 0 heterocycles. The third kappa shape index (κ3) is 2.99. The molecular formula is C13H19NO2. The highest BCUT2D eigenvalue weighted by Gasteiger charge is 2.23. The minimum absolute atomic E-state index is 0.262. The third-order valence-electron chi connectivity index (χ3n) is 2.48. The van der Waals surface area contributed by atoms with Crippen LogP contribution in [0, 0.1) is 0 Å². The molecule has 3 heteroatoms. The summed E-state index contributed by atoms with van der Waals surface area (Å²) in [6.07, 6.45) is 0. The Hall–Kier alpha value is -1.51. The number of hydrogen-bond donors (Lipinski definition) is 0. The van der Waals surface area contributed by atoms with Crippen LogP contribution in [0.4, 0.5) is 5.69 Å². The summed E-state index contributed by atoms with van der Waals surface area (Å²) in [4.78, 5) is 13.0. The van der Waals surface area contributed by atoms with Gasteiger partial charge < -0.3 is 9.64 Å². The summed E-state index contributed by atoms with van der Waals surface area (Å²) in [5, 5.41) is 0. The van der Waals surface area contributed by atoms with Crippen LogP contribution in [0.1, 0.15) is 26.3 Å². The Morgan fingerprint density at radius 2 is 1.69 bits per heavy atom. The van der Waals surface area contributed by atoms with E-state index in [0.29, 0.717) is 0 Å². The van der Waals surface area contributed by atoms with E-state index in [-0.39, 0.29) is 5.97 Å². The van der Waals surface area contributed by atoms with Gasteiger partial charge in [0.2, 0.25) is 0 Å². The lowest BCUT2D eigenvalue weighted by Gasteiger charge is -2.25. The molecule has 1 rings (SSSR count). The second-order valence-electron chi connectivity index (χ2n) is 4.55. The van der Waals surface area contributed by atoms with Crippen molar-refractivity contribution in [1.29, 1.82) is 0 Å². The Morgan fingerprint density at radius 1 is 1.19 bits per heavy atom. The van der Waals surface area contributed by atoms with E-state index in [1.807, 2.05) is 57.1 Å². The molecule has 3 nitrogen and oxygen atoms in total. The van der Waals surface area contributed by atoms with E-state index in [0.717, 1.165) is 11.3 Å².